The van der Waals surface area contributed by atoms with Crippen LogP contribution in [0.25, 0.3) is 0 Å². The highest BCUT2D eigenvalue weighted by Gasteiger charge is 2.13. The Morgan fingerprint density at radius 2 is 2.25 bits per heavy atom. The van der Waals surface area contributed by atoms with E-state index in [2.05, 4.69) is 17.0 Å². The Labute approximate surface area is 95.5 Å². The van der Waals surface area contributed by atoms with Gasteiger partial charge in [-0.25, -0.2) is 4.98 Å². The van der Waals surface area contributed by atoms with E-state index in [1.54, 1.807) is 4.68 Å². The van der Waals surface area contributed by atoms with E-state index in [0.717, 1.165) is 24.5 Å². The van der Waals surface area contributed by atoms with E-state index < -0.39 is 5.97 Å². The average Bonchev–Trinajstić information content (AvgIpc) is 2.46. The van der Waals surface area contributed by atoms with E-state index in [9.17, 15) is 4.79 Å². The standard InChI is InChI=1S/C11H19N3O2/c1-4-5-9-12-10(14(3)13-9)6-8(2)7-11(15)16/h8H,4-7H2,1-3H3,(H,15,16). The number of aromatic nitrogens is 3. The maximum Gasteiger partial charge on any atom is 0.303 e. The first-order valence-electron chi connectivity index (χ1n) is 5.63. The molecule has 0 radical (unpaired) electrons. The third-order valence-corrected chi connectivity index (χ3v) is 2.42. The molecule has 0 aliphatic heterocycles. The second-order valence-electron chi connectivity index (χ2n) is 4.23. The number of carboxylic acid groups (broad SMARTS) is 1. The maximum atomic E-state index is 10.5. The van der Waals surface area contributed by atoms with Crippen LogP contribution in [-0.4, -0.2) is 25.8 Å². The van der Waals surface area contributed by atoms with Crippen molar-refractivity contribution in [3.63, 3.8) is 0 Å². The van der Waals surface area contributed by atoms with Gasteiger partial charge in [-0.3, -0.25) is 9.48 Å². The Morgan fingerprint density at radius 1 is 1.56 bits per heavy atom. The van der Waals surface area contributed by atoms with Gasteiger partial charge in [0.1, 0.15) is 5.82 Å². The molecule has 1 atom stereocenters. The highest BCUT2D eigenvalue weighted by molar-refractivity contribution is 5.66. The van der Waals surface area contributed by atoms with Crippen molar-refractivity contribution in [2.24, 2.45) is 13.0 Å². The molecule has 0 bridgehead atoms. The van der Waals surface area contributed by atoms with Gasteiger partial charge in [0.15, 0.2) is 5.82 Å². The van der Waals surface area contributed by atoms with Crippen molar-refractivity contribution in [1.82, 2.24) is 14.8 Å². The largest absolute Gasteiger partial charge is 0.481 e. The first kappa shape index (κ1) is 12.7. The molecule has 0 spiro atoms. The smallest absolute Gasteiger partial charge is 0.303 e. The van der Waals surface area contributed by atoms with Gasteiger partial charge in [-0.05, 0) is 12.3 Å². The molecule has 0 saturated carbocycles. The van der Waals surface area contributed by atoms with Gasteiger partial charge in [0.25, 0.3) is 0 Å². The van der Waals surface area contributed by atoms with Gasteiger partial charge in [-0.2, -0.15) is 5.10 Å². The Bertz CT molecular complexity index is 360. The maximum absolute atomic E-state index is 10.5. The SMILES string of the molecule is CCCc1nc(CC(C)CC(=O)O)n(C)n1. The molecule has 0 aliphatic carbocycles. The number of hydrogen-bond donors (Lipinski definition) is 1. The van der Waals surface area contributed by atoms with Crippen LogP contribution >= 0.6 is 0 Å². The number of aryl methyl sites for hydroxylation is 2. The Hall–Kier alpha value is -1.39. The average molecular weight is 225 g/mol. The van der Waals surface area contributed by atoms with E-state index in [-0.39, 0.29) is 12.3 Å². The van der Waals surface area contributed by atoms with E-state index in [4.69, 9.17) is 5.11 Å². The summed E-state index contributed by atoms with van der Waals surface area (Å²) in [5.41, 5.74) is 0. The van der Waals surface area contributed by atoms with Crippen molar-refractivity contribution < 1.29 is 9.90 Å². The first-order valence-corrected chi connectivity index (χ1v) is 5.63. The Kier molecular flexibility index (Phi) is 4.46. The van der Waals surface area contributed by atoms with Crippen LogP contribution < -0.4 is 0 Å². The summed E-state index contributed by atoms with van der Waals surface area (Å²) in [6.45, 7) is 4.01. The molecule has 16 heavy (non-hydrogen) atoms. The number of hydrogen-bond acceptors (Lipinski definition) is 3. The van der Waals surface area contributed by atoms with Crippen LogP contribution in [-0.2, 0) is 24.7 Å². The van der Waals surface area contributed by atoms with Crippen molar-refractivity contribution in [2.45, 2.75) is 39.5 Å². The summed E-state index contributed by atoms with van der Waals surface area (Å²) in [6.07, 6.45) is 2.74. The molecule has 1 unspecified atom stereocenters. The molecule has 1 heterocycles. The van der Waals surface area contributed by atoms with Gasteiger partial charge < -0.3 is 5.11 Å². The van der Waals surface area contributed by atoms with Gasteiger partial charge in [0.05, 0.1) is 0 Å². The fraction of sp³-hybridized carbons (Fsp3) is 0.727. The van der Waals surface area contributed by atoms with Crippen molar-refractivity contribution >= 4 is 5.97 Å². The van der Waals surface area contributed by atoms with E-state index >= 15 is 0 Å². The molecule has 90 valence electrons. The van der Waals surface area contributed by atoms with E-state index in [1.807, 2.05) is 14.0 Å². The Balaban J connectivity index is 2.62. The highest BCUT2D eigenvalue weighted by Crippen LogP contribution is 2.10. The van der Waals surface area contributed by atoms with Gasteiger partial charge in [0.2, 0.25) is 0 Å². The van der Waals surface area contributed by atoms with Crippen molar-refractivity contribution in [3.8, 4) is 0 Å². The molecule has 5 heteroatoms. The molecule has 1 aromatic heterocycles. The lowest BCUT2D eigenvalue weighted by atomic mass is 10.0. The fourth-order valence-corrected chi connectivity index (χ4v) is 1.66. The summed E-state index contributed by atoms with van der Waals surface area (Å²) < 4.78 is 1.75. The lowest BCUT2D eigenvalue weighted by molar-refractivity contribution is -0.137. The quantitative estimate of drug-likeness (QED) is 0.795. The third-order valence-electron chi connectivity index (χ3n) is 2.42. The zero-order valence-electron chi connectivity index (χ0n) is 10.1. The second-order valence-corrected chi connectivity index (χ2v) is 4.23. The van der Waals surface area contributed by atoms with Crippen LogP contribution in [0.2, 0.25) is 0 Å². The summed E-state index contributed by atoms with van der Waals surface area (Å²) in [7, 11) is 1.86. The van der Waals surface area contributed by atoms with E-state index in [0.29, 0.717) is 6.42 Å². The molecule has 0 aromatic carbocycles. The summed E-state index contributed by atoms with van der Waals surface area (Å²) in [6, 6.07) is 0. The molecule has 0 aliphatic rings. The summed E-state index contributed by atoms with van der Waals surface area (Å²) in [5, 5.41) is 13.0. The van der Waals surface area contributed by atoms with Crippen LogP contribution in [0.15, 0.2) is 0 Å². The number of carbonyl (C=O) groups is 1. The Morgan fingerprint density at radius 3 is 2.81 bits per heavy atom. The molecule has 0 amide bonds. The van der Waals surface area contributed by atoms with E-state index in [1.165, 1.54) is 0 Å². The predicted molar refractivity (Wildman–Crippen MR) is 60.1 cm³/mol. The van der Waals surface area contributed by atoms with Gasteiger partial charge in [0, 0.05) is 26.3 Å². The molecular formula is C11H19N3O2. The second kappa shape index (κ2) is 5.63. The monoisotopic (exact) mass is 225 g/mol. The van der Waals surface area contributed by atoms with Crippen LogP contribution in [0.1, 0.15) is 38.3 Å². The minimum Gasteiger partial charge on any atom is -0.481 e. The topological polar surface area (TPSA) is 68.0 Å². The van der Waals surface area contributed by atoms with Gasteiger partial charge >= 0.3 is 5.97 Å². The van der Waals surface area contributed by atoms with Crippen LogP contribution in [0.3, 0.4) is 0 Å². The minimum absolute atomic E-state index is 0.0925. The van der Waals surface area contributed by atoms with Gasteiger partial charge in [-0.15, -0.1) is 0 Å². The number of nitrogens with zero attached hydrogens (tertiary/aromatic N) is 3. The predicted octanol–water partition coefficient (Wildman–Crippen LogP) is 1.42. The molecule has 5 nitrogen and oxygen atoms in total. The number of carboxylic acids is 1. The number of aliphatic carboxylic acids is 1. The van der Waals surface area contributed by atoms with Crippen molar-refractivity contribution in [1.29, 1.82) is 0 Å². The summed E-state index contributed by atoms with van der Waals surface area (Å²) in [4.78, 5) is 15.0. The first-order chi connectivity index (χ1) is 7.52. The van der Waals surface area contributed by atoms with Gasteiger partial charge in [-0.1, -0.05) is 13.8 Å². The molecule has 1 rings (SSSR count). The molecule has 1 aromatic rings. The normalized spacial score (nSPS) is 12.7. The lowest BCUT2D eigenvalue weighted by Crippen LogP contribution is -2.10. The van der Waals surface area contributed by atoms with Crippen molar-refractivity contribution in [3.05, 3.63) is 11.6 Å². The third kappa shape index (κ3) is 3.64. The summed E-state index contributed by atoms with van der Waals surface area (Å²) >= 11 is 0. The molecular weight excluding hydrogens is 206 g/mol. The zero-order chi connectivity index (χ0) is 12.1. The van der Waals surface area contributed by atoms with Crippen LogP contribution in [0.5, 0.6) is 0 Å². The van der Waals surface area contributed by atoms with Crippen molar-refractivity contribution in [2.75, 3.05) is 0 Å². The molecule has 1 N–H and O–H groups in total. The van der Waals surface area contributed by atoms with Crippen LogP contribution in [0, 0.1) is 5.92 Å². The lowest BCUT2D eigenvalue weighted by Gasteiger charge is -2.06. The molecule has 0 fully saturated rings. The fourth-order valence-electron chi connectivity index (χ4n) is 1.66. The van der Waals surface area contributed by atoms with Crippen LogP contribution in [0.4, 0.5) is 0 Å². The zero-order valence-corrected chi connectivity index (χ0v) is 10.1. The summed E-state index contributed by atoms with van der Waals surface area (Å²) in [5.74, 6) is 1.05. The highest BCUT2D eigenvalue weighted by atomic mass is 16.4. The minimum atomic E-state index is -0.761. The number of rotatable bonds is 6. The molecule has 0 saturated heterocycles.